The van der Waals surface area contributed by atoms with E-state index >= 15 is 0 Å². The maximum absolute atomic E-state index is 6.09. The Balaban J connectivity index is 2.02. The molecule has 1 aliphatic heterocycles. The molecule has 0 bridgehead atoms. The summed E-state index contributed by atoms with van der Waals surface area (Å²) in [6.45, 7) is 4.49. The second-order valence-corrected chi connectivity index (χ2v) is 4.58. The first-order valence-electron chi connectivity index (χ1n) is 6.24. The van der Waals surface area contributed by atoms with Gasteiger partial charge in [-0.05, 0) is 26.0 Å². The van der Waals surface area contributed by atoms with Crippen LogP contribution in [0, 0.1) is 6.92 Å². The largest absolute Gasteiger partial charge is 0.379 e. The van der Waals surface area contributed by atoms with Crippen molar-refractivity contribution in [2.24, 2.45) is 0 Å². The summed E-state index contributed by atoms with van der Waals surface area (Å²) in [6.07, 6.45) is 1.37. The highest BCUT2D eigenvalue weighted by atomic mass is 16.6. The molecule has 0 radical (unpaired) electrons. The van der Waals surface area contributed by atoms with Gasteiger partial charge in [0.1, 0.15) is 0 Å². The first-order valence-corrected chi connectivity index (χ1v) is 6.24. The SMILES string of the molecule is CNCC(OC1CCOC1)c1ccc(C)cc1. The molecular formula is C14H21NO2. The molecule has 17 heavy (non-hydrogen) atoms. The summed E-state index contributed by atoms with van der Waals surface area (Å²) in [5.41, 5.74) is 2.51. The summed E-state index contributed by atoms with van der Waals surface area (Å²) in [6, 6.07) is 8.55. The Morgan fingerprint density at radius 1 is 1.41 bits per heavy atom. The van der Waals surface area contributed by atoms with E-state index in [9.17, 15) is 0 Å². The Morgan fingerprint density at radius 3 is 2.76 bits per heavy atom. The minimum Gasteiger partial charge on any atom is -0.379 e. The second kappa shape index (κ2) is 6.15. The molecule has 1 aromatic carbocycles. The third kappa shape index (κ3) is 3.53. The van der Waals surface area contributed by atoms with Crippen molar-refractivity contribution in [2.45, 2.75) is 25.6 Å². The third-order valence-electron chi connectivity index (χ3n) is 3.08. The van der Waals surface area contributed by atoms with Crippen molar-refractivity contribution >= 4 is 0 Å². The first-order chi connectivity index (χ1) is 8.29. The summed E-state index contributed by atoms with van der Waals surface area (Å²) >= 11 is 0. The lowest BCUT2D eigenvalue weighted by Crippen LogP contribution is -2.25. The second-order valence-electron chi connectivity index (χ2n) is 4.58. The number of hydrogen-bond donors (Lipinski definition) is 1. The van der Waals surface area contributed by atoms with Gasteiger partial charge in [0.2, 0.25) is 0 Å². The molecule has 1 aliphatic rings. The average Bonchev–Trinajstić information content (AvgIpc) is 2.82. The molecule has 0 aromatic heterocycles. The van der Waals surface area contributed by atoms with Crippen LogP contribution in [0.25, 0.3) is 0 Å². The van der Waals surface area contributed by atoms with Gasteiger partial charge in [-0.1, -0.05) is 29.8 Å². The van der Waals surface area contributed by atoms with Gasteiger partial charge in [-0.3, -0.25) is 0 Å². The smallest absolute Gasteiger partial charge is 0.0954 e. The van der Waals surface area contributed by atoms with Crippen LogP contribution in [0.15, 0.2) is 24.3 Å². The highest BCUT2D eigenvalue weighted by Crippen LogP contribution is 2.22. The zero-order chi connectivity index (χ0) is 12.1. The minimum absolute atomic E-state index is 0.118. The Kier molecular flexibility index (Phi) is 4.54. The fourth-order valence-electron chi connectivity index (χ4n) is 2.06. The van der Waals surface area contributed by atoms with E-state index in [1.165, 1.54) is 11.1 Å². The molecule has 1 fully saturated rings. The van der Waals surface area contributed by atoms with Crippen LogP contribution in [0.1, 0.15) is 23.7 Å². The van der Waals surface area contributed by atoms with E-state index in [0.717, 1.165) is 26.2 Å². The highest BCUT2D eigenvalue weighted by Gasteiger charge is 2.21. The van der Waals surface area contributed by atoms with E-state index in [-0.39, 0.29) is 12.2 Å². The summed E-state index contributed by atoms with van der Waals surface area (Å²) < 4.78 is 11.4. The van der Waals surface area contributed by atoms with Crippen molar-refractivity contribution in [1.29, 1.82) is 0 Å². The molecule has 1 N–H and O–H groups in total. The highest BCUT2D eigenvalue weighted by molar-refractivity contribution is 5.23. The number of aryl methyl sites for hydroxylation is 1. The van der Waals surface area contributed by atoms with E-state index < -0.39 is 0 Å². The van der Waals surface area contributed by atoms with Gasteiger partial charge in [-0.2, -0.15) is 0 Å². The van der Waals surface area contributed by atoms with Gasteiger partial charge in [0.25, 0.3) is 0 Å². The molecule has 1 aromatic rings. The van der Waals surface area contributed by atoms with Crippen molar-refractivity contribution in [3.63, 3.8) is 0 Å². The number of hydrogen-bond acceptors (Lipinski definition) is 3. The first kappa shape index (κ1) is 12.6. The zero-order valence-corrected chi connectivity index (χ0v) is 10.6. The summed E-state index contributed by atoms with van der Waals surface area (Å²) in [5.74, 6) is 0. The van der Waals surface area contributed by atoms with Gasteiger partial charge < -0.3 is 14.8 Å². The van der Waals surface area contributed by atoms with Crippen LogP contribution >= 0.6 is 0 Å². The third-order valence-corrected chi connectivity index (χ3v) is 3.08. The molecule has 2 atom stereocenters. The molecule has 1 saturated heterocycles. The molecule has 2 rings (SSSR count). The molecule has 3 nitrogen and oxygen atoms in total. The van der Waals surface area contributed by atoms with E-state index in [0.29, 0.717) is 0 Å². The van der Waals surface area contributed by atoms with Crippen LogP contribution in [-0.2, 0) is 9.47 Å². The van der Waals surface area contributed by atoms with E-state index in [1.807, 2.05) is 7.05 Å². The Hall–Kier alpha value is -0.900. The lowest BCUT2D eigenvalue weighted by molar-refractivity contribution is -0.0156. The maximum Gasteiger partial charge on any atom is 0.0954 e. The average molecular weight is 235 g/mol. The van der Waals surface area contributed by atoms with Gasteiger partial charge in [0.15, 0.2) is 0 Å². The zero-order valence-electron chi connectivity index (χ0n) is 10.6. The van der Waals surface area contributed by atoms with Gasteiger partial charge in [-0.25, -0.2) is 0 Å². The van der Waals surface area contributed by atoms with Gasteiger partial charge in [0, 0.05) is 13.2 Å². The van der Waals surface area contributed by atoms with Crippen LogP contribution < -0.4 is 5.32 Å². The van der Waals surface area contributed by atoms with Gasteiger partial charge in [0.05, 0.1) is 18.8 Å². The van der Waals surface area contributed by atoms with Crippen LogP contribution in [0.2, 0.25) is 0 Å². The van der Waals surface area contributed by atoms with Crippen molar-refractivity contribution in [3.8, 4) is 0 Å². The van der Waals surface area contributed by atoms with E-state index in [1.54, 1.807) is 0 Å². The fraction of sp³-hybridized carbons (Fsp3) is 0.571. The fourth-order valence-corrected chi connectivity index (χ4v) is 2.06. The monoisotopic (exact) mass is 235 g/mol. The number of ether oxygens (including phenoxy) is 2. The van der Waals surface area contributed by atoms with Crippen molar-refractivity contribution in [3.05, 3.63) is 35.4 Å². The lowest BCUT2D eigenvalue weighted by Gasteiger charge is -2.21. The number of likely N-dealkylation sites (N-methyl/N-ethyl adjacent to an activating group) is 1. The van der Waals surface area contributed by atoms with Crippen molar-refractivity contribution < 1.29 is 9.47 Å². The maximum atomic E-state index is 6.09. The van der Waals surface area contributed by atoms with Crippen molar-refractivity contribution in [1.82, 2.24) is 5.32 Å². The molecular weight excluding hydrogens is 214 g/mol. The van der Waals surface area contributed by atoms with Crippen LogP contribution in [0.4, 0.5) is 0 Å². The molecule has 0 aliphatic carbocycles. The lowest BCUT2D eigenvalue weighted by atomic mass is 10.1. The summed E-state index contributed by atoms with van der Waals surface area (Å²) in [5, 5.41) is 3.19. The molecule has 94 valence electrons. The van der Waals surface area contributed by atoms with Gasteiger partial charge >= 0.3 is 0 Å². The standard InChI is InChI=1S/C14H21NO2/c1-11-3-5-12(6-4-11)14(9-15-2)17-13-7-8-16-10-13/h3-6,13-15H,7-10H2,1-2H3. The minimum atomic E-state index is 0.118. The van der Waals surface area contributed by atoms with Crippen molar-refractivity contribution in [2.75, 3.05) is 26.8 Å². The Labute approximate surface area is 103 Å². The number of nitrogens with one attached hydrogen (secondary N) is 1. The summed E-state index contributed by atoms with van der Waals surface area (Å²) in [4.78, 5) is 0. The Bertz CT molecular complexity index is 331. The van der Waals surface area contributed by atoms with E-state index in [2.05, 4.69) is 36.5 Å². The summed E-state index contributed by atoms with van der Waals surface area (Å²) in [7, 11) is 1.95. The number of benzene rings is 1. The van der Waals surface area contributed by atoms with Crippen LogP contribution in [-0.4, -0.2) is 32.9 Å². The quantitative estimate of drug-likeness (QED) is 0.847. The van der Waals surface area contributed by atoms with Crippen LogP contribution in [0.5, 0.6) is 0 Å². The molecule has 0 amide bonds. The van der Waals surface area contributed by atoms with Crippen LogP contribution in [0.3, 0.4) is 0 Å². The molecule has 0 spiro atoms. The van der Waals surface area contributed by atoms with Gasteiger partial charge in [-0.15, -0.1) is 0 Å². The Morgan fingerprint density at radius 2 is 2.18 bits per heavy atom. The molecule has 3 heteroatoms. The normalized spacial score (nSPS) is 21.6. The topological polar surface area (TPSA) is 30.5 Å². The molecule has 1 heterocycles. The molecule has 0 saturated carbocycles. The molecule has 2 unspecified atom stereocenters. The predicted octanol–water partition coefficient (Wildman–Crippen LogP) is 2.06. The van der Waals surface area contributed by atoms with E-state index in [4.69, 9.17) is 9.47 Å². The predicted molar refractivity (Wildman–Crippen MR) is 68.2 cm³/mol. The number of rotatable bonds is 5.